The van der Waals surface area contributed by atoms with Crippen molar-refractivity contribution >= 4 is 11.8 Å². The Labute approximate surface area is 131 Å². The number of fused-ring (bicyclic) bond motifs is 1. The Balaban J connectivity index is 1.63. The fourth-order valence-corrected chi connectivity index (χ4v) is 3.16. The number of alkyl halides is 1. The third kappa shape index (κ3) is 2.23. The van der Waals surface area contributed by atoms with Gasteiger partial charge in [-0.25, -0.2) is 14.1 Å². The fraction of sp³-hybridized carbons (Fsp3) is 0.375. The lowest BCUT2D eigenvalue weighted by atomic mass is 10.0. The molecule has 1 aliphatic heterocycles. The fourth-order valence-electron chi connectivity index (χ4n) is 3.16. The van der Waals surface area contributed by atoms with Crippen molar-refractivity contribution < 1.29 is 19.1 Å². The number of hydrogen-bond acceptors (Lipinski definition) is 4. The van der Waals surface area contributed by atoms with Crippen molar-refractivity contribution in [2.75, 3.05) is 0 Å². The number of carboxylic acid groups (broad SMARTS) is 1. The summed E-state index contributed by atoms with van der Waals surface area (Å²) in [5.41, 5.74) is 0.910. The highest BCUT2D eigenvalue weighted by Gasteiger charge is 2.50. The first-order chi connectivity index (χ1) is 11.1. The minimum Gasteiger partial charge on any atom is -0.481 e. The van der Waals surface area contributed by atoms with Gasteiger partial charge in [0.2, 0.25) is 11.6 Å². The molecule has 118 valence electrons. The van der Waals surface area contributed by atoms with E-state index >= 15 is 0 Å². The summed E-state index contributed by atoms with van der Waals surface area (Å²) in [6, 6.07) is 9.09. The Hall–Kier alpha value is -2.57. The number of hydrogen-bond donors (Lipinski definition) is 1. The van der Waals surface area contributed by atoms with Crippen LogP contribution in [0.4, 0.5) is 4.39 Å². The minimum atomic E-state index is -1.27. The predicted molar refractivity (Wildman–Crippen MR) is 76.6 cm³/mol. The Morgan fingerprint density at radius 2 is 1.91 bits per heavy atom. The molecule has 4 rings (SSSR count). The van der Waals surface area contributed by atoms with Gasteiger partial charge in [-0.1, -0.05) is 30.3 Å². The second-order valence-corrected chi connectivity index (χ2v) is 6.02. The van der Waals surface area contributed by atoms with Gasteiger partial charge < -0.3 is 5.11 Å². The van der Waals surface area contributed by atoms with E-state index in [1.807, 2.05) is 30.3 Å². The van der Waals surface area contributed by atoms with E-state index in [2.05, 4.69) is 10.1 Å². The smallest absolute Gasteiger partial charge is 0.307 e. The number of aromatic nitrogens is 3. The van der Waals surface area contributed by atoms with E-state index < -0.39 is 29.8 Å². The summed E-state index contributed by atoms with van der Waals surface area (Å²) >= 11 is 0. The molecule has 0 unspecified atom stereocenters. The first-order valence-corrected chi connectivity index (χ1v) is 7.48. The van der Waals surface area contributed by atoms with Gasteiger partial charge in [-0.2, -0.15) is 0 Å². The summed E-state index contributed by atoms with van der Waals surface area (Å²) in [7, 11) is 0. The van der Waals surface area contributed by atoms with Gasteiger partial charge in [-0.3, -0.25) is 9.59 Å². The maximum Gasteiger partial charge on any atom is 0.307 e. The molecule has 2 heterocycles. The van der Waals surface area contributed by atoms with Crippen LogP contribution in [0.1, 0.15) is 47.1 Å². The zero-order chi connectivity index (χ0) is 16.1. The van der Waals surface area contributed by atoms with Crippen molar-refractivity contribution in [3.63, 3.8) is 0 Å². The van der Waals surface area contributed by atoms with Crippen molar-refractivity contribution in [3.05, 3.63) is 47.5 Å². The molecule has 2 aromatic rings. The number of ketones is 1. The Kier molecular flexibility index (Phi) is 3.04. The van der Waals surface area contributed by atoms with E-state index in [1.54, 1.807) is 0 Å². The van der Waals surface area contributed by atoms with Crippen molar-refractivity contribution in [1.82, 2.24) is 14.8 Å². The van der Waals surface area contributed by atoms with Crippen LogP contribution in [-0.4, -0.2) is 31.6 Å². The summed E-state index contributed by atoms with van der Waals surface area (Å²) in [4.78, 5) is 27.2. The minimum absolute atomic E-state index is 0.0722. The predicted octanol–water partition coefficient (Wildman–Crippen LogP) is 2.19. The number of Topliss-reactive ketones (excluding diaryl/α,β-unsaturated/α-hetero) is 1. The SMILES string of the molecule is O=C(O)[C@@H]1C[C@H]1C(=O)c1nc2n(n1)[C@H](c1ccccc1)C[C@@H]2F. The first-order valence-electron chi connectivity index (χ1n) is 7.48. The summed E-state index contributed by atoms with van der Waals surface area (Å²) < 4.78 is 15.7. The molecule has 0 saturated heterocycles. The van der Waals surface area contributed by atoms with Crippen LogP contribution in [0.5, 0.6) is 0 Å². The summed E-state index contributed by atoms with van der Waals surface area (Å²) in [6.45, 7) is 0. The van der Waals surface area contributed by atoms with Gasteiger partial charge in [0.1, 0.15) is 0 Å². The maximum absolute atomic E-state index is 14.2. The van der Waals surface area contributed by atoms with E-state index in [1.165, 1.54) is 4.68 Å². The van der Waals surface area contributed by atoms with E-state index in [9.17, 15) is 14.0 Å². The van der Waals surface area contributed by atoms with Crippen molar-refractivity contribution in [1.29, 1.82) is 0 Å². The molecule has 1 aliphatic carbocycles. The molecular weight excluding hydrogens is 301 g/mol. The van der Waals surface area contributed by atoms with E-state index in [0.717, 1.165) is 5.56 Å². The van der Waals surface area contributed by atoms with Gasteiger partial charge in [0.25, 0.3) is 0 Å². The zero-order valence-corrected chi connectivity index (χ0v) is 12.1. The number of benzene rings is 1. The molecule has 4 atom stereocenters. The molecule has 1 aromatic heterocycles. The normalized spacial score (nSPS) is 28.4. The van der Waals surface area contributed by atoms with Gasteiger partial charge in [-0.05, 0) is 12.0 Å². The molecule has 1 aromatic carbocycles. The topological polar surface area (TPSA) is 85.1 Å². The van der Waals surface area contributed by atoms with Crippen LogP contribution in [-0.2, 0) is 4.79 Å². The Morgan fingerprint density at radius 1 is 1.17 bits per heavy atom. The van der Waals surface area contributed by atoms with Gasteiger partial charge in [-0.15, -0.1) is 5.10 Å². The monoisotopic (exact) mass is 315 g/mol. The third-order valence-electron chi connectivity index (χ3n) is 4.51. The van der Waals surface area contributed by atoms with Crippen molar-refractivity contribution in [2.24, 2.45) is 11.8 Å². The average molecular weight is 315 g/mol. The summed E-state index contributed by atoms with van der Waals surface area (Å²) in [6.07, 6.45) is -0.725. The van der Waals surface area contributed by atoms with Gasteiger partial charge in [0, 0.05) is 12.3 Å². The lowest BCUT2D eigenvalue weighted by molar-refractivity contribution is -0.138. The lowest BCUT2D eigenvalue weighted by Crippen LogP contribution is -2.12. The first kappa shape index (κ1) is 14.0. The van der Waals surface area contributed by atoms with Crippen LogP contribution in [0.25, 0.3) is 0 Å². The zero-order valence-electron chi connectivity index (χ0n) is 12.1. The summed E-state index contributed by atoms with van der Waals surface area (Å²) in [5, 5.41) is 13.1. The molecule has 1 fully saturated rings. The maximum atomic E-state index is 14.2. The van der Waals surface area contributed by atoms with Crippen molar-refractivity contribution in [3.8, 4) is 0 Å². The van der Waals surface area contributed by atoms with Crippen LogP contribution in [0.15, 0.2) is 30.3 Å². The molecular formula is C16H14FN3O3. The highest BCUT2D eigenvalue weighted by molar-refractivity contribution is 6.00. The molecule has 2 aliphatic rings. The second-order valence-electron chi connectivity index (χ2n) is 6.02. The molecule has 0 spiro atoms. The average Bonchev–Trinajstić information content (AvgIpc) is 3.14. The third-order valence-corrected chi connectivity index (χ3v) is 4.51. The number of carbonyl (C=O) groups is 2. The highest BCUT2D eigenvalue weighted by atomic mass is 19.1. The van der Waals surface area contributed by atoms with Crippen LogP contribution in [0.3, 0.4) is 0 Å². The van der Waals surface area contributed by atoms with E-state index in [0.29, 0.717) is 6.42 Å². The number of rotatable bonds is 4. The standard InChI is InChI=1S/C16H14FN3O3/c17-11-7-12(8-4-2-1-3-5-8)20-15(11)18-14(19-20)13(21)9-6-10(9)16(22)23/h1-5,9-12H,6-7H2,(H,22,23)/t9-,10-,11+,12+/m1/s1. The van der Waals surface area contributed by atoms with Crippen molar-refractivity contribution in [2.45, 2.75) is 25.1 Å². The van der Waals surface area contributed by atoms with Crippen LogP contribution >= 0.6 is 0 Å². The van der Waals surface area contributed by atoms with Gasteiger partial charge in [0.15, 0.2) is 12.0 Å². The molecule has 1 saturated carbocycles. The van der Waals surface area contributed by atoms with E-state index in [4.69, 9.17) is 5.11 Å². The number of carboxylic acids is 1. The number of nitrogens with zero attached hydrogens (tertiary/aromatic N) is 3. The van der Waals surface area contributed by atoms with Crippen LogP contribution in [0, 0.1) is 11.8 Å². The lowest BCUT2D eigenvalue weighted by Gasteiger charge is -2.11. The summed E-state index contributed by atoms with van der Waals surface area (Å²) in [5.74, 6) is -2.55. The molecule has 0 bridgehead atoms. The molecule has 6 nitrogen and oxygen atoms in total. The Bertz CT molecular complexity index is 789. The second kappa shape index (κ2) is 4.97. The highest BCUT2D eigenvalue weighted by Crippen LogP contribution is 2.43. The van der Waals surface area contributed by atoms with Crippen LogP contribution < -0.4 is 0 Å². The number of aliphatic carboxylic acids is 1. The Morgan fingerprint density at radius 3 is 2.57 bits per heavy atom. The van der Waals surface area contributed by atoms with Crippen LogP contribution in [0.2, 0.25) is 0 Å². The van der Waals surface area contributed by atoms with Gasteiger partial charge in [0.05, 0.1) is 12.0 Å². The molecule has 1 N–H and O–H groups in total. The molecule has 23 heavy (non-hydrogen) atoms. The largest absolute Gasteiger partial charge is 0.481 e. The number of halogens is 1. The molecule has 0 amide bonds. The quantitative estimate of drug-likeness (QED) is 0.874. The van der Waals surface area contributed by atoms with E-state index in [-0.39, 0.29) is 24.1 Å². The molecule has 7 heteroatoms. The molecule has 0 radical (unpaired) electrons. The van der Waals surface area contributed by atoms with Gasteiger partial charge >= 0.3 is 5.97 Å². The number of carbonyl (C=O) groups excluding carboxylic acids is 1.